The quantitative estimate of drug-likeness (QED) is 0.773. The molecule has 0 aliphatic carbocycles. The van der Waals surface area contributed by atoms with Crippen LogP contribution in [0, 0.1) is 0 Å². The molecule has 0 spiro atoms. The number of nitrogens with zero attached hydrogens (tertiary/aromatic N) is 1. The van der Waals surface area contributed by atoms with Crippen LogP contribution in [0.5, 0.6) is 0 Å². The van der Waals surface area contributed by atoms with Gasteiger partial charge in [-0.25, -0.2) is 0 Å². The van der Waals surface area contributed by atoms with E-state index in [0.29, 0.717) is 19.2 Å². The highest BCUT2D eigenvalue weighted by molar-refractivity contribution is 6.30. The smallest absolute Gasteiger partial charge is 0.0947 e. The van der Waals surface area contributed by atoms with Crippen LogP contribution in [0.4, 0.5) is 5.69 Å². The lowest BCUT2D eigenvalue weighted by molar-refractivity contribution is 0.0695. The average molecular weight is 301 g/mol. The number of anilines is 1. The Morgan fingerprint density at radius 2 is 2.10 bits per heavy atom. The molecule has 114 valence electrons. The minimum Gasteiger partial charge on any atom is -0.389 e. The van der Waals surface area contributed by atoms with E-state index >= 15 is 0 Å². The summed E-state index contributed by atoms with van der Waals surface area (Å²) >= 11 is 6.08. The SMILES string of the molecule is COCC(O)CN(C)c1ccc(Cl)cc1CNC(C)C. The van der Waals surface area contributed by atoms with Crippen molar-refractivity contribution in [2.45, 2.75) is 32.5 Å². The monoisotopic (exact) mass is 300 g/mol. The number of likely N-dealkylation sites (N-methyl/N-ethyl adjacent to an activating group) is 1. The van der Waals surface area contributed by atoms with Crippen LogP contribution < -0.4 is 10.2 Å². The molecule has 1 unspecified atom stereocenters. The van der Waals surface area contributed by atoms with E-state index < -0.39 is 6.10 Å². The van der Waals surface area contributed by atoms with Gasteiger partial charge in [0.2, 0.25) is 0 Å². The van der Waals surface area contributed by atoms with Crippen LogP contribution in [0.1, 0.15) is 19.4 Å². The first-order valence-electron chi connectivity index (χ1n) is 6.84. The zero-order chi connectivity index (χ0) is 15.1. The fourth-order valence-electron chi connectivity index (χ4n) is 2.04. The van der Waals surface area contributed by atoms with Gasteiger partial charge in [0.1, 0.15) is 0 Å². The van der Waals surface area contributed by atoms with Crippen molar-refractivity contribution in [3.63, 3.8) is 0 Å². The first-order valence-corrected chi connectivity index (χ1v) is 7.21. The molecule has 0 saturated carbocycles. The third-order valence-corrected chi connectivity index (χ3v) is 3.23. The molecule has 1 aromatic carbocycles. The molecule has 0 heterocycles. The van der Waals surface area contributed by atoms with Gasteiger partial charge in [-0.3, -0.25) is 0 Å². The molecule has 0 aliphatic heterocycles. The molecule has 0 aromatic heterocycles. The molecule has 4 nitrogen and oxygen atoms in total. The van der Waals surface area contributed by atoms with E-state index in [1.54, 1.807) is 7.11 Å². The Morgan fingerprint density at radius 1 is 1.40 bits per heavy atom. The lowest BCUT2D eigenvalue weighted by atomic mass is 10.1. The number of hydrogen-bond donors (Lipinski definition) is 2. The van der Waals surface area contributed by atoms with Crippen molar-refractivity contribution >= 4 is 17.3 Å². The second kappa shape index (κ2) is 8.47. The van der Waals surface area contributed by atoms with Gasteiger partial charge in [0, 0.05) is 44.0 Å². The van der Waals surface area contributed by atoms with Crippen molar-refractivity contribution in [3.8, 4) is 0 Å². The summed E-state index contributed by atoms with van der Waals surface area (Å²) in [6, 6.07) is 6.23. The third-order valence-electron chi connectivity index (χ3n) is 3.00. The summed E-state index contributed by atoms with van der Waals surface area (Å²) in [5.74, 6) is 0. The first kappa shape index (κ1) is 17.2. The number of hydrogen-bond acceptors (Lipinski definition) is 4. The second-order valence-electron chi connectivity index (χ2n) is 5.30. The highest BCUT2D eigenvalue weighted by Gasteiger charge is 2.12. The third kappa shape index (κ3) is 5.67. The summed E-state index contributed by atoms with van der Waals surface area (Å²) < 4.78 is 4.96. The normalized spacial score (nSPS) is 12.8. The zero-order valence-corrected chi connectivity index (χ0v) is 13.4. The summed E-state index contributed by atoms with van der Waals surface area (Å²) in [5, 5.41) is 13.9. The number of methoxy groups -OCH3 is 1. The Labute approximate surface area is 126 Å². The Kier molecular flexibility index (Phi) is 7.30. The number of rotatable bonds is 8. The van der Waals surface area contributed by atoms with Gasteiger partial charge in [-0.2, -0.15) is 0 Å². The fraction of sp³-hybridized carbons (Fsp3) is 0.600. The van der Waals surface area contributed by atoms with Crippen molar-refractivity contribution in [1.29, 1.82) is 0 Å². The highest BCUT2D eigenvalue weighted by Crippen LogP contribution is 2.24. The standard InChI is InChI=1S/C15H25ClN2O2/c1-11(2)17-8-12-7-13(16)5-6-15(12)18(3)9-14(19)10-20-4/h5-7,11,14,17,19H,8-10H2,1-4H3. The van der Waals surface area contributed by atoms with Gasteiger partial charge in [0.05, 0.1) is 12.7 Å². The summed E-state index contributed by atoms with van der Waals surface area (Å²) in [6.45, 7) is 5.81. The minimum absolute atomic E-state index is 0.331. The van der Waals surface area contributed by atoms with Gasteiger partial charge in [0.15, 0.2) is 0 Å². The maximum atomic E-state index is 9.84. The maximum Gasteiger partial charge on any atom is 0.0947 e. The Bertz CT molecular complexity index is 413. The molecule has 0 radical (unpaired) electrons. The van der Waals surface area contributed by atoms with E-state index in [2.05, 4.69) is 19.2 Å². The fourth-order valence-corrected chi connectivity index (χ4v) is 2.24. The van der Waals surface area contributed by atoms with Crippen molar-refractivity contribution in [2.75, 3.05) is 32.2 Å². The van der Waals surface area contributed by atoms with Crippen molar-refractivity contribution < 1.29 is 9.84 Å². The van der Waals surface area contributed by atoms with Gasteiger partial charge in [-0.1, -0.05) is 25.4 Å². The van der Waals surface area contributed by atoms with Crippen LogP contribution >= 0.6 is 11.6 Å². The van der Waals surface area contributed by atoms with Gasteiger partial charge in [-0.05, 0) is 23.8 Å². The summed E-state index contributed by atoms with van der Waals surface area (Å²) in [4.78, 5) is 2.03. The molecule has 0 bridgehead atoms. The van der Waals surface area contributed by atoms with Crippen molar-refractivity contribution in [1.82, 2.24) is 5.32 Å². The largest absolute Gasteiger partial charge is 0.389 e. The molecule has 0 amide bonds. The van der Waals surface area contributed by atoms with Crippen LogP contribution in [0.3, 0.4) is 0 Å². The van der Waals surface area contributed by atoms with Crippen LogP contribution in [0.15, 0.2) is 18.2 Å². The lowest BCUT2D eigenvalue weighted by Gasteiger charge is -2.25. The molecule has 0 aliphatic rings. The van der Waals surface area contributed by atoms with E-state index in [9.17, 15) is 5.11 Å². The number of ether oxygens (including phenoxy) is 1. The highest BCUT2D eigenvalue weighted by atomic mass is 35.5. The molecule has 0 saturated heterocycles. The molecule has 1 rings (SSSR count). The van der Waals surface area contributed by atoms with E-state index in [1.807, 2.05) is 30.1 Å². The lowest BCUT2D eigenvalue weighted by Crippen LogP contribution is -2.33. The van der Waals surface area contributed by atoms with Crippen molar-refractivity contribution in [2.24, 2.45) is 0 Å². The number of halogens is 1. The Balaban J connectivity index is 2.81. The number of aliphatic hydroxyl groups excluding tert-OH is 1. The molecule has 0 fully saturated rings. The first-order chi connectivity index (χ1) is 9.43. The van der Waals surface area contributed by atoms with Crippen LogP contribution in [0.2, 0.25) is 5.02 Å². The summed E-state index contributed by atoms with van der Waals surface area (Å²) in [7, 11) is 3.55. The van der Waals surface area contributed by atoms with E-state index in [0.717, 1.165) is 22.8 Å². The van der Waals surface area contributed by atoms with Gasteiger partial charge >= 0.3 is 0 Å². The molecular weight excluding hydrogens is 276 g/mol. The summed E-state index contributed by atoms with van der Waals surface area (Å²) in [6.07, 6.45) is -0.508. The Hall–Kier alpha value is -0.810. The van der Waals surface area contributed by atoms with Gasteiger partial charge in [0.25, 0.3) is 0 Å². The number of aliphatic hydroxyl groups is 1. The van der Waals surface area contributed by atoms with E-state index in [-0.39, 0.29) is 0 Å². The zero-order valence-electron chi connectivity index (χ0n) is 12.7. The molecule has 1 atom stereocenters. The van der Waals surface area contributed by atoms with Gasteiger partial charge in [-0.15, -0.1) is 0 Å². The minimum atomic E-state index is -0.508. The van der Waals surface area contributed by atoms with Crippen LogP contribution in [-0.2, 0) is 11.3 Å². The predicted molar refractivity (Wildman–Crippen MR) is 84.6 cm³/mol. The molecule has 5 heteroatoms. The Morgan fingerprint density at radius 3 is 2.70 bits per heavy atom. The van der Waals surface area contributed by atoms with E-state index in [4.69, 9.17) is 16.3 Å². The molecular formula is C15H25ClN2O2. The summed E-state index contributed by atoms with van der Waals surface area (Å²) in [5.41, 5.74) is 2.19. The maximum absolute atomic E-state index is 9.84. The van der Waals surface area contributed by atoms with Crippen LogP contribution in [-0.4, -0.2) is 44.6 Å². The average Bonchev–Trinajstić information content (AvgIpc) is 2.36. The van der Waals surface area contributed by atoms with Crippen LogP contribution in [0.25, 0.3) is 0 Å². The topological polar surface area (TPSA) is 44.7 Å². The van der Waals surface area contributed by atoms with Gasteiger partial charge < -0.3 is 20.1 Å². The second-order valence-corrected chi connectivity index (χ2v) is 5.73. The molecule has 2 N–H and O–H groups in total. The number of benzene rings is 1. The molecule has 1 aromatic rings. The van der Waals surface area contributed by atoms with Crippen molar-refractivity contribution in [3.05, 3.63) is 28.8 Å². The number of nitrogens with one attached hydrogen (secondary N) is 1. The predicted octanol–water partition coefficient (Wildman–Crippen LogP) is 2.28. The van der Waals surface area contributed by atoms with E-state index in [1.165, 1.54) is 0 Å². The molecule has 20 heavy (non-hydrogen) atoms.